The summed E-state index contributed by atoms with van der Waals surface area (Å²) in [6, 6.07) is 0. The SMILES string of the molecule is CC(=O)OC1CC2(C)C3CC(C)(CO)CC3CC(C)(O)C12. The highest BCUT2D eigenvalue weighted by Gasteiger charge is 2.69. The lowest BCUT2D eigenvalue weighted by Crippen LogP contribution is -2.67. The molecule has 0 aromatic heterocycles. The van der Waals surface area contributed by atoms with E-state index in [0.29, 0.717) is 11.8 Å². The van der Waals surface area contributed by atoms with Crippen molar-refractivity contribution in [1.82, 2.24) is 0 Å². The maximum absolute atomic E-state index is 11.3. The first-order valence-electron chi connectivity index (χ1n) is 8.12. The first kappa shape index (κ1) is 15.3. The summed E-state index contributed by atoms with van der Waals surface area (Å²) in [4.78, 5) is 11.3. The van der Waals surface area contributed by atoms with E-state index in [2.05, 4.69) is 13.8 Å². The highest BCUT2D eigenvalue weighted by atomic mass is 16.5. The smallest absolute Gasteiger partial charge is 0.302 e. The fraction of sp³-hybridized carbons (Fsp3) is 0.941. The Morgan fingerprint density at radius 3 is 2.43 bits per heavy atom. The molecule has 0 saturated heterocycles. The van der Waals surface area contributed by atoms with Crippen LogP contribution in [0.2, 0.25) is 0 Å². The van der Waals surface area contributed by atoms with Crippen LogP contribution < -0.4 is 0 Å². The van der Waals surface area contributed by atoms with E-state index in [9.17, 15) is 15.0 Å². The zero-order valence-corrected chi connectivity index (χ0v) is 13.6. The number of rotatable bonds is 2. The van der Waals surface area contributed by atoms with Gasteiger partial charge in [-0.2, -0.15) is 0 Å². The van der Waals surface area contributed by atoms with Gasteiger partial charge in [0, 0.05) is 19.4 Å². The Morgan fingerprint density at radius 2 is 1.86 bits per heavy atom. The van der Waals surface area contributed by atoms with Gasteiger partial charge in [-0.15, -0.1) is 0 Å². The van der Waals surface area contributed by atoms with Gasteiger partial charge < -0.3 is 14.9 Å². The van der Waals surface area contributed by atoms with E-state index in [-0.39, 0.29) is 35.4 Å². The number of esters is 1. The quantitative estimate of drug-likeness (QED) is 0.766. The van der Waals surface area contributed by atoms with Gasteiger partial charge in [-0.3, -0.25) is 4.79 Å². The molecule has 3 aliphatic rings. The Kier molecular flexibility index (Phi) is 3.24. The van der Waals surface area contributed by atoms with Gasteiger partial charge in [0.2, 0.25) is 0 Å². The Hall–Kier alpha value is -0.610. The number of fused-ring (bicyclic) bond motifs is 3. The molecule has 120 valence electrons. The van der Waals surface area contributed by atoms with Gasteiger partial charge in [0.15, 0.2) is 0 Å². The van der Waals surface area contributed by atoms with E-state index in [1.807, 2.05) is 6.92 Å². The van der Waals surface area contributed by atoms with Gasteiger partial charge in [-0.25, -0.2) is 0 Å². The molecule has 3 saturated carbocycles. The first-order valence-corrected chi connectivity index (χ1v) is 8.12. The molecule has 0 spiro atoms. The monoisotopic (exact) mass is 296 g/mol. The molecule has 0 bridgehead atoms. The van der Waals surface area contributed by atoms with Gasteiger partial charge in [0.25, 0.3) is 0 Å². The predicted octanol–water partition coefficient (Wildman–Crippen LogP) is 2.12. The Bertz CT molecular complexity index is 460. The fourth-order valence-electron chi connectivity index (χ4n) is 6.09. The zero-order valence-electron chi connectivity index (χ0n) is 13.6. The summed E-state index contributed by atoms with van der Waals surface area (Å²) in [5.74, 6) is 0.756. The molecule has 0 aliphatic heterocycles. The van der Waals surface area contributed by atoms with Crippen molar-refractivity contribution >= 4 is 5.97 Å². The van der Waals surface area contributed by atoms with Crippen LogP contribution in [0.1, 0.15) is 53.4 Å². The molecule has 2 N–H and O–H groups in total. The third-order valence-corrected chi connectivity index (χ3v) is 6.65. The van der Waals surface area contributed by atoms with Gasteiger partial charge >= 0.3 is 5.97 Å². The summed E-state index contributed by atoms with van der Waals surface area (Å²) in [6.07, 6.45) is 3.46. The molecule has 0 amide bonds. The van der Waals surface area contributed by atoms with Crippen LogP contribution >= 0.6 is 0 Å². The maximum Gasteiger partial charge on any atom is 0.302 e. The number of carbonyl (C=O) groups excluding carboxylic acids is 1. The van der Waals surface area contributed by atoms with E-state index >= 15 is 0 Å². The maximum atomic E-state index is 11.3. The molecule has 0 radical (unpaired) electrons. The van der Waals surface area contributed by atoms with E-state index in [1.165, 1.54) is 6.92 Å². The topological polar surface area (TPSA) is 66.8 Å². The lowest BCUT2D eigenvalue weighted by Gasteiger charge is -2.65. The number of hydrogen-bond donors (Lipinski definition) is 2. The average Bonchev–Trinajstić information content (AvgIpc) is 2.63. The second kappa shape index (κ2) is 4.45. The van der Waals surface area contributed by atoms with Crippen molar-refractivity contribution < 1.29 is 19.7 Å². The number of hydrogen-bond acceptors (Lipinski definition) is 4. The third-order valence-electron chi connectivity index (χ3n) is 6.65. The molecule has 7 atom stereocenters. The normalized spacial score (nSPS) is 55.3. The molecule has 0 heterocycles. The molecule has 3 aliphatic carbocycles. The molecule has 0 aromatic carbocycles. The van der Waals surface area contributed by atoms with E-state index in [0.717, 1.165) is 25.7 Å². The van der Waals surface area contributed by atoms with Crippen molar-refractivity contribution in [2.45, 2.75) is 65.1 Å². The van der Waals surface area contributed by atoms with Crippen LogP contribution in [0.3, 0.4) is 0 Å². The minimum atomic E-state index is -0.783. The molecule has 21 heavy (non-hydrogen) atoms. The van der Waals surface area contributed by atoms with Crippen molar-refractivity contribution in [3.8, 4) is 0 Å². The summed E-state index contributed by atoms with van der Waals surface area (Å²) >= 11 is 0. The van der Waals surface area contributed by atoms with Crippen LogP contribution in [0.25, 0.3) is 0 Å². The van der Waals surface area contributed by atoms with Crippen LogP contribution in [-0.4, -0.2) is 34.5 Å². The van der Waals surface area contributed by atoms with E-state index < -0.39 is 5.60 Å². The summed E-state index contributed by atoms with van der Waals surface area (Å²) in [5, 5.41) is 20.6. The molecule has 4 heteroatoms. The van der Waals surface area contributed by atoms with Crippen molar-refractivity contribution in [3.05, 3.63) is 0 Å². The largest absolute Gasteiger partial charge is 0.462 e. The Morgan fingerprint density at radius 1 is 1.19 bits per heavy atom. The Labute approximate surface area is 126 Å². The minimum Gasteiger partial charge on any atom is -0.462 e. The van der Waals surface area contributed by atoms with Crippen LogP contribution in [0.15, 0.2) is 0 Å². The van der Waals surface area contributed by atoms with E-state index in [1.54, 1.807) is 0 Å². The second-order valence-electron chi connectivity index (χ2n) is 8.64. The van der Waals surface area contributed by atoms with Gasteiger partial charge in [0.1, 0.15) is 6.10 Å². The first-order chi connectivity index (χ1) is 9.61. The van der Waals surface area contributed by atoms with Crippen molar-refractivity contribution in [2.75, 3.05) is 6.61 Å². The van der Waals surface area contributed by atoms with Crippen LogP contribution in [-0.2, 0) is 9.53 Å². The van der Waals surface area contributed by atoms with Gasteiger partial charge in [0.05, 0.1) is 5.60 Å². The molecule has 0 aromatic rings. The minimum absolute atomic E-state index is 0.0180. The molecule has 3 rings (SSSR count). The molecule has 4 nitrogen and oxygen atoms in total. The van der Waals surface area contributed by atoms with Gasteiger partial charge in [-0.05, 0) is 55.3 Å². The number of aliphatic hydroxyl groups excluding tert-OH is 1. The standard InChI is InChI=1S/C17H28O4/c1-10(19)21-13-8-16(3)12-7-15(2,9-18)5-11(12)6-17(4,20)14(13)16/h11-14,18,20H,5-9H2,1-4H3. The lowest BCUT2D eigenvalue weighted by atomic mass is 9.43. The molecule has 3 fully saturated rings. The number of ether oxygens (including phenoxy) is 1. The van der Waals surface area contributed by atoms with Crippen molar-refractivity contribution in [2.24, 2.45) is 28.6 Å². The molecule has 7 unspecified atom stereocenters. The number of carbonyl (C=O) groups is 1. The molecular weight excluding hydrogens is 268 g/mol. The summed E-state index contributed by atoms with van der Waals surface area (Å²) in [7, 11) is 0. The fourth-order valence-corrected chi connectivity index (χ4v) is 6.09. The predicted molar refractivity (Wildman–Crippen MR) is 78.4 cm³/mol. The lowest BCUT2D eigenvalue weighted by molar-refractivity contribution is -0.256. The second-order valence-corrected chi connectivity index (χ2v) is 8.64. The highest BCUT2D eigenvalue weighted by molar-refractivity contribution is 5.66. The summed E-state index contributed by atoms with van der Waals surface area (Å²) in [6.45, 7) is 7.95. The Balaban J connectivity index is 1.87. The summed E-state index contributed by atoms with van der Waals surface area (Å²) in [5.41, 5.74) is -0.774. The van der Waals surface area contributed by atoms with E-state index in [4.69, 9.17) is 4.74 Å². The van der Waals surface area contributed by atoms with Crippen molar-refractivity contribution in [1.29, 1.82) is 0 Å². The summed E-state index contributed by atoms with van der Waals surface area (Å²) < 4.78 is 5.43. The van der Waals surface area contributed by atoms with Crippen molar-refractivity contribution in [3.63, 3.8) is 0 Å². The van der Waals surface area contributed by atoms with Crippen LogP contribution in [0, 0.1) is 28.6 Å². The zero-order chi connectivity index (χ0) is 15.6. The third kappa shape index (κ3) is 2.14. The van der Waals surface area contributed by atoms with Gasteiger partial charge in [-0.1, -0.05) is 13.8 Å². The number of aliphatic hydroxyl groups is 2. The highest BCUT2D eigenvalue weighted by Crippen LogP contribution is 2.69. The average molecular weight is 296 g/mol. The van der Waals surface area contributed by atoms with Crippen LogP contribution in [0.4, 0.5) is 0 Å². The van der Waals surface area contributed by atoms with Crippen LogP contribution in [0.5, 0.6) is 0 Å². The molecular formula is C17H28O4.